The zero-order chi connectivity index (χ0) is 22.8. The van der Waals surface area contributed by atoms with Crippen LogP contribution in [-0.4, -0.2) is 12.7 Å². The Balaban J connectivity index is 2.04. The van der Waals surface area contributed by atoms with Gasteiger partial charge in [0, 0.05) is 13.1 Å². The highest BCUT2D eigenvalue weighted by atomic mass is 32.2. The second-order valence-corrected chi connectivity index (χ2v) is 11.3. The molecule has 3 aromatic rings. The summed E-state index contributed by atoms with van der Waals surface area (Å²) in [4.78, 5) is 0.329. The predicted molar refractivity (Wildman–Crippen MR) is 129 cm³/mol. The van der Waals surface area contributed by atoms with Crippen LogP contribution in [0.3, 0.4) is 0 Å². The van der Waals surface area contributed by atoms with Crippen molar-refractivity contribution in [2.45, 2.75) is 64.9 Å². The Labute approximate surface area is 187 Å². The number of aryl methyl sites for hydroxylation is 3. The van der Waals surface area contributed by atoms with E-state index in [4.69, 9.17) is 0 Å². The lowest BCUT2D eigenvalue weighted by Gasteiger charge is -2.26. The number of rotatable bonds is 6. The maximum absolute atomic E-state index is 13.6. The fourth-order valence-corrected chi connectivity index (χ4v) is 5.12. The van der Waals surface area contributed by atoms with Gasteiger partial charge in [0.15, 0.2) is 0 Å². The zero-order valence-electron chi connectivity index (χ0n) is 19.4. The molecule has 0 aliphatic carbocycles. The Hall–Kier alpha value is -2.43. The highest BCUT2D eigenvalue weighted by Gasteiger charge is 2.26. The molecule has 0 heterocycles. The molecule has 0 aliphatic heterocycles. The summed E-state index contributed by atoms with van der Waals surface area (Å²) in [5, 5.41) is 0. The van der Waals surface area contributed by atoms with E-state index in [1.54, 1.807) is 16.4 Å². The predicted octanol–water partition coefficient (Wildman–Crippen LogP) is 6.30. The summed E-state index contributed by atoms with van der Waals surface area (Å²) in [7, 11) is -3.65. The highest BCUT2D eigenvalue weighted by molar-refractivity contribution is 7.89. The summed E-state index contributed by atoms with van der Waals surface area (Å²) >= 11 is 0. The Morgan fingerprint density at radius 3 is 1.84 bits per heavy atom. The number of hydrogen-bond acceptors (Lipinski definition) is 2. The van der Waals surface area contributed by atoms with Crippen molar-refractivity contribution >= 4 is 10.0 Å². The van der Waals surface area contributed by atoms with Crippen LogP contribution in [-0.2, 0) is 28.5 Å². The molecule has 3 rings (SSSR count). The molecule has 0 saturated carbocycles. The summed E-state index contributed by atoms with van der Waals surface area (Å²) in [6.45, 7) is 13.4. The van der Waals surface area contributed by atoms with Crippen molar-refractivity contribution in [1.29, 1.82) is 0 Å². The molecule has 0 bridgehead atoms. The van der Waals surface area contributed by atoms with Crippen molar-refractivity contribution in [3.63, 3.8) is 0 Å². The van der Waals surface area contributed by atoms with Gasteiger partial charge in [0.1, 0.15) is 0 Å². The van der Waals surface area contributed by atoms with Gasteiger partial charge in [-0.3, -0.25) is 0 Å². The zero-order valence-corrected chi connectivity index (χ0v) is 20.3. The first-order chi connectivity index (χ1) is 14.5. The second kappa shape index (κ2) is 8.97. The van der Waals surface area contributed by atoms with Gasteiger partial charge >= 0.3 is 0 Å². The molecule has 0 amide bonds. The van der Waals surface area contributed by atoms with Crippen molar-refractivity contribution < 1.29 is 8.42 Å². The molecule has 3 aromatic carbocycles. The van der Waals surface area contributed by atoms with Gasteiger partial charge in [-0.25, -0.2) is 8.42 Å². The molecular weight excluding hydrogens is 402 g/mol. The van der Waals surface area contributed by atoms with Crippen LogP contribution >= 0.6 is 0 Å². The van der Waals surface area contributed by atoms with E-state index >= 15 is 0 Å². The monoisotopic (exact) mass is 435 g/mol. The van der Waals surface area contributed by atoms with Crippen LogP contribution in [0.1, 0.15) is 54.2 Å². The van der Waals surface area contributed by atoms with E-state index in [1.165, 1.54) is 5.56 Å². The van der Waals surface area contributed by atoms with Crippen LogP contribution < -0.4 is 0 Å². The minimum absolute atomic E-state index is 0.0474. The topological polar surface area (TPSA) is 37.4 Å². The number of benzene rings is 3. The van der Waals surface area contributed by atoms with Gasteiger partial charge in [-0.1, -0.05) is 80.9 Å². The Morgan fingerprint density at radius 2 is 1.32 bits per heavy atom. The van der Waals surface area contributed by atoms with E-state index < -0.39 is 10.0 Å². The molecule has 0 spiro atoms. The van der Waals surface area contributed by atoms with Gasteiger partial charge in [-0.05, 0) is 66.1 Å². The van der Waals surface area contributed by atoms with Gasteiger partial charge < -0.3 is 0 Å². The summed E-state index contributed by atoms with van der Waals surface area (Å²) in [5.41, 5.74) is 6.65. The first kappa shape index (κ1) is 23.2. The van der Waals surface area contributed by atoms with Crippen molar-refractivity contribution in [3.05, 3.63) is 100 Å². The van der Waals surface area contributed by atoms with E-state index in [0.717, 1.165) is 27.8 Å². The first-order valence-corrected chi connectivity index (χ1v) is 12.1. The summed E-state index contributed by atoms with van der Waals surface area (Å²) in [6, 6.07) is 21.3. The number of nitrogens with zero attached hydrogens (tertiary/aromatic N) is 1. The molecule has 0 aliphatic rings. The lowest BCUT2D eigenvalue weighted by molar-refractivity contribution is 0.399. The van der Waals surface area contributed by atoms with Crippen LogP contribution in [0.2, 0.25) is 0 Å². The number of sulfonamides is 1. The molecule has 0 fully saturated rings. The molecule has 0 saturated heterocycles. The van der Waals surface area contributed by atoms with Crippen LogP contribution in [0.15, 0.2) is 71.6 Å². The van der Waals surface area contributed by atoms with Gasteiger partial charge in [-0.15, -0.1) is 0 Å². The Bertz CT molecular complexity index is 1120. The van der Waals surface area contributed by atoms with E-state index in [-0.39, 0.29) is 5.41 Å². The van der Waals surface area contributed by atoms with Gasteiger partial charge in [0.2, 0.25) is 10.0 Å². The Kier molecular flexibility index (Phi) is 6.73. The lowest BCUT2D eigenvalue weighted by Crippen LogP contribution is -2.31. The summed E-state index contributed by atoms with van der Waals surface area (Å²) in [5.74, 6) is 0. The van der Waals surface area contributed by atoms with Gasteiger partial charge in [-0.2, -0.15) is 4.31 Å². The fourth-order valence-electron chi connectivity index (χ4n) is 3.72. The van der Waals surface area contributed by atoms with Crippen LogP contribution in [0.5, 0.6) is 0 Å². The molecular formula is C27H33NO2S. The first-order valence-electron chi connectivity index (χ1n) is 10.7. The van der Waals surface area contributed by atoms with E-state index in [0.29, 0.717) is 18.0 Å². The molecule has 0 aromatic heterocycles. The molecule has 0 radical (unpaired) electrons. The molecule has 0 atom stereocenters. The smallest absolute Gasteiger partial charge is 0.207 e. The standard InChI is InChI=1S/C27H33NO2S/c1-20-12-14-25(15-13-20)31(29,30)28(18-23-10-8-7-9-11-23)19-26-21(2)16-24(17-22(26)3)27(4,5)6/h7-17H,18-19H2,1-6H3. The second-order valence-electron chi connectivity index (χ2n) is 9.41. The van der Waals surface area contributed by atoms with Crippen LogP contribution in [0.25, 0.3) is 0 Å². The van der Waals surface area contributed by atoms with Gasteiger partial charge in [0.05, 0.1) is 4.90 Å². The SMILES string of the molecule is Cc1ccc(S(=O)(=O)N(Cc2ccccc2)Cc2c(C)cc(C(C)(C)C)cc2C)cc1. The molecule has 164 valence electrons. The molecule has 4 heteroatoms. The highest BCUT2D eigenvalue weighted by Crippen LogP contribution is 2.29. The normalized spacial score (nSPS) is 12.4. The summed E-state index contributed by atoms with van der Waals surface area (Å²) < 4.78 is 28.9. The minimum Gasteiger partial charge on any atom is -0.207 e. The average molecular weight is 436 g/mol. The lowest BCUT2D eigenvalue weighted by atomic mass is 9.84. The van der Waals surface area contributed by atoms with E-state index in [9.17, 15) is 8.42 Å². The summed E-state index contributed by atoms with van der Waals surface area (Å²) in [6.07, 6.45) is 0. The van der Waals surface area contributed by atoms with E-state index in [1.807, 2.05) is 49.4 Å². The third-order valence-electron chi connectivity index (χ3n) is 5.76. The minimum atomic E-state index is -3.65. The van der Waals surface area contributed by atoms with Crippen molar-refractivity contribution in [1.82, 2.24) is 4.31 Å². The van der Waals surface area contributed by atoms with E-state index in [2.05, 4.69) is 46.8 Å². The maximum atomic E-state index is 13.6. The average Bonchev–Trinajstić information content (AvgIpc) is 2.70. The Morgan fingerprint density at radius 1 is 0.774 bits per heavy atom. The maximum Gasteiger partial charge on any atom is 0.243 e. The molecule has 0 unspecified atom stereocenters. The fraction of sp³-hybridized carbons (Fsp3) is 0.333. The molecule has 0 N–H and O–H groups in total. The largest absolute Gasteiger partial charge is 0.243 e. The van der Waals surface area contributed by atoms with Crippen molar-refractivity contribution in [3.8, 4) is 0 Å². The quantitative estimate of drug-likeness (QED) is 0.455. The van der Waals surface area contributed by atoms with Gasteiger partial charge in [0.25, 0.3) is 0 Å². The van der Waals surface area contributed by atoms with Crippen LogP contribution in [0.4, 0.5) is 0 Å². The third-order valence-corrected chi connectivity index (χ3v) is 7.56. The third kappa shape index (κ3) is 5.44. The molecule has 31 heavy (non-hydrogen) atoms. The van der Waals surface area contributed by atoms with Crippen molar-refractivity contribution in [2.75, 3.05) is 0 Å². The van der Waals surface area contributed by atoms with Crippen LogP contribution in [0, 0.1) is 20.8 Å². The van der Waals surface area contributed by atoms with Crippen molar-refractivity contribution in [2.24, 2.45) is 0 Å². The molecule has 3 nitrogen and oxygen atoms in total. The number of hydrogen-bond donors (Lipinski definition) is 0.